The summed E-state index contributed by atoms with van der Waals surface area (Å²) in [4.78, 5) is 0. The van der Waals surface area contributed by atoms with Gasteiger partial charge >= 0.3 is 0 Å². The number of rotatable bonds is 1. The maximum Gasteiger partial charge on any atom is 0.140 e. The highest BCUT2D eigenvalue weighted by atomic mass is 79.9. The zero-order valence-corrected chi connectivity index (χ0v) is 8.24. The molecule has 1 nitrogen and oxygen atoms in total. The minimum absolute atomic E-state index is 0.180. The van der Waals surface area contributed by atoms with Crippen LogP contribution in [-0.4, -0.2) is 5.11 Å². The van der Waals surface area contributed by atoms with Gasteiger partial charge in [-0.15, -0.1) is 0 Å². The molecule has 1 aliphatic carbocycles. The Morgan fingerprint density at radius 2 is 1.69 bits per heavy atom. The zero-order chi connectivity index (χ0) is 9.64. The average molecular weight is 249 g/mol. The Hall–Kier alpha value is -0.480. The Morgan fingerprint density at radius 3 is 2.08 bits per heavy atom. The zero-order valence-electron chi connectivity index (χ0n) is 6.65. The molecule has 1 aromatic rings. The molecule has 0 heterocycles. The van der Waals surface area contributed by atoms with Crippen LogP contribution in [-0.2, 0) is 5.60 Å². The first-order valence-electron chi connectivity index (χ1n) is 3.90. The third-order valence-electron chi connectivity index (χ3n) is 2.24. The van der Waals surface area contributed by atoms with Crippen LogP contribution in [0, 0.1) is 11.6 Å². The van der Waals surface area contributed by atoms with Crippen molar-refractivity contribution in [3.05, 3.63) is 33.8 Å². The van der Waals surface area contributed by atoms with E-state index in [0.717, 1.165) is 0 Å². The summed E-state index contributed by atoms with van der Waals surface area (Å²) in [5, 5.41) is 9.59. The van der Waals surface area contributed by atoms with Crippen molar-refractivity contribution in [1.82, 2.24) is 0 Å². The fourth-order valence-electron chi connectivity index (χ4n) is 1.23. The maximum atomic E-state index is 13.0. The van der Waals surface area contributed by atoms with Gasteiger partial charge in [0.05, 0.1) is 10.1 Å². The van der Waals surface area contributed by atoms with E-state index in [4.69, 9.17) is 0 Å². The van der Waals surface area contributed by atoms with Crippen LogP contribution >= 0.6 is 15.9 Å². The second-order valence-electron chi connectivity index (χ2n) is 3.29. The van der Waals surface area contributed by atoms with Crippen LogP contribution in [0.4, 0.5) is 8.78 Å². The predicted molar refractivity (Wildman–Crippen MR) is 47.2 cm³/mol. The number of hydrogen-bond donors (Lipinski definition) is 1. The van der Waals surface area contributed by atoms with E-state index in [0.29, 0.717) is 18.4 Å². The average Bonchev–Trinajstić information content (AvgIpc) is 2.80. The second kappa shape index (κ2) is 2.75. The lowest BCUT2D eigenvalue weighted by Gasteiger charge is -2.08. The molecular weight excluding hydrogens is 242 g/mol. The van der Waals surface area contributed by atoms with Gasteiger partial charge in [0, 0.05) is 0 Å². The van der Waals surface area contributed by atoms with Crippen LogP contribution < -0.4 is 0 Å². The van der Waals surface area contributed by atoms with Crippen LogP contribution in [0.3, 0.4) is 0 Å². The standard InChI is InChI=1S/C9H7BrF2O/c10-8-6(11)3-5(4-7(8)12)9(13)1-2-9/h3-4,13H,1-2H2. The summed E-state index contributed by atoms with van der Waals surface area (Å²) < 4.78 is 25.8. The Kier molecular flexibility index (Phi) is 1.92. The number of aliphatic hydroxyl groups is 1. The van der Waals surface area contributed by atoms with Crippen molar-refractivity contribution in [2.75, 3.05) is 0 Å². The molecule has 0 amide bonds. The van der Waals surface area contributed by atoms with Gasteiger partial charge in [-0.2, -0.15) is 0 Å². The van der Waals surface area contributed by atoms with E-state index < -0.39 is 17.2 Å². The quantitative estimate of drug-likeness (QED) is 0.758. The summed E-state index contributed by atoms with van der Waals surface area (Å²) in [6.07, 6.45) is 1.15. The van der Waals surface area contributed by atoms with Crippen LogP contribution in [0.2, 0.25) is 0 Å². The second-order valence-corrected chi connectivity index (χ2v) is 4.08. The molecule has 1 N–H and O–H groups in total. The van der Waals surface area contributed by atoms with Crippen molar-refractivity contribution in [2.24, 2.45) is 0 Å². The summed E-state index contributed by atoms with van der Waals surface area (Å²) in [6, 6.07) is 2.33. The lowest BCUT2D eigenvalue weighted by molar-refractivity contribution is 0.150. The van der Waals surface area contributed by atoms with Gasteiger partial charge in [0.1, 0.15) is 11.6 Å². The molecule has 0 spiro atoms. The van der Waals surface area contributed by atoms with Gasteiger partial charge in [-0.3, -0.25) is 0 Å². The number of benzene rings is 1. The van der Waals surface area contributed by atoms with Gasteiger partial charge in [-0.05, 0) is 46.5 Å². The monoisotopic (exact) mass is 248 g/mol. The van der Waals surface area contributed by atoms with Crippen molar-refractivity contribution in [1.29, 1.82) is 0 Å². The third-order valence-corrected chi connectivity index (χ3v) is 3.00. The normalized spacial score (nSPS) is 18.8. The van der Waals surface area contributed by atoms with E-state index >= 15 is 0 Å². The molecule has 13 heavy (non-hydrogen) atoms. The van der Waals surface area contributed by atoms with E-state index in [9.17, 15) is 13.9 Å². The molecule has 0 radical (unpaired) electrons. The molecule has 0 bridgehead atoms. The van der Waals surface area contributed by atoms with Gasteiger partial charge in [0.25, 0.3) is 0 Å². The first-order chi connectivity index (χ1) is 6.03. The van der Waals surface area contributed by atoms with Crippen molar-refractivity contribution in [3.63, 3.8) is 0 Å². The van der Waals surface area contributed by atoms with E-state index in [1.807, 2.05) is 0 Å². The molecule has 0 aromatic heterocycles. The topological polar surface area (TPSA) is 20.2 Å². The fraction of sp³-hybridized carbons (Fsp3) is 0.333. The predicted octanol–water partition coefficient (Wildman–Crippen LogP) is 2.71. The first-order valence-corrected chi connectivity index (χ1v) is 4.70. The smallest absolute Gasteiger partial charge is 0.140 e. The molecule has 1 aromatic carbocycles. The van der Waals surface area contributed by atoms with Crippen LogP contribution in [0.25, 0.3) is 0 Å². The largest absolute Gasteiger partial charge is 0.385 e. The molecule has 0 atom stereocenters. The van der Waals surface area contributed by atoms with E-state index in [2.05, 4.69) is 15.9 Å². The van der Waals surface area contributed by atoms with Gasteiger partial charge in [-0.25, -0.2) is 8.78 Å². The molecule has 0 aliphatic heterocycles. The first kappa shape index (κ1) is 9.09. The van der Waals surface area contributed by atoms with Gasteiger partial charge in [-0.1, -0.05) is 0 Å². The fourth-order valence-corrected chi connectivity index (χ4v) is 1.46. The summed E-state index contributed by atoms with van der Waals surface area (Å²) in [6.45, 7) is 0. The lowest BCUT2D eigenvalue weighted by atomic mass is 10.1. The van der Waals surface area contributed by atoms with Crippen molar-refractivity contribution in [3.8, 4) is 0 Å². The molecular formula is C9H7BrF2O. The highest BCUT2D eigenvalue weighted by Crippen LogP contribution is 2.46. The third kappa shape index (κ3) is 1.48. The molecule has 1 fully saturated rings. The van der Waals surface area contributed by atoms with E-state index in [-0.39, 0.29) is 4.47 Å². The van der Waals surface area contributed by atoms with Gasteiger partial charge < -0.3 is 5.11 Å². The Balaban J connectivity index is 2.50. The van der Waals surface area contributed by atoms with Crippen molar-refractivity contribution in [2.45, 2.75) is 18.4 Å². The molecule has 1 aliphatic rings. The highest BCUT2D eigenvalue weighted by Gasteiger charge is 2.42. The summed E-state index contributed by atoms with van der Waals surface area (Å²) in [5.74, 6) is -1.34. The van der Waals surface area contributed by atoms with Crippen molar-refractivity contribution >= 4 is 15.9 Å². The summed E-state index contributed by atoms with van der Waals surface area (Å²) in [5.41, 5.74) is -0.659. The molecule has 0 saturated heterocycles. The number of hydrogen-bond acceptors (Lipinski definition) is 1. The summed E-state index contributed by atoms with van der Waals surface area (Å²) >= 11 is 2.77. The maximum absolute atomic E-state index is 13.0. The molecule has 4 heteroatoms. The van der Waals surface area contributed by atoms with E-state index in [1.54, 1.807) is 0 Å². The molecule has 2 rings (SSSR count). The highest BCUT2D eigenvalue weighted by molar-refractivity contribution is 9.10. The van der Waals surface area contributed by atoms with Crippen LogP contribution in [0.5, 0.6) is 0 Å². The molecule has 0 unspecified atom stereocenters. The SMILES string of the molecule is OC1(c2cc(F)c(Br)c(F)c2)CC1. The minimum atomic E-state index is -0.984. The van der Waals surface area contributed by atoms with Crippen molar-refractivity contribution < 1.29 is 13.9 Å². The Bertz CT molecular complexity index is 338. The van der Waals surface area contributed by atoms with E-state index in [1.165, 1.54) is 12.1 Å². The Morgan fingerprint density at radius 1 is 1.23 bits per heavy atom. The molecule has 1 saturated carbocycles. The van der Waals surface area contributed by atoms with Crippen LogP contribution in [0.1, 0.15) is 18.4 Å². The van der Waals surface area contributed by atoms with Gasteiger partial charge in [0.15, 0.2) is 0 Å². The van der Waals surface area contributed by atoms with Gasteiger partial charge in [0.2, 0.25) is 0 Å². The number of halogens is 3. The molecule has 70 valence electrons. The lowest BCUT2D eigenvalue weighted by Crippen LogP contribution is -2.05. The summed E-state index contributed by atoms with van der Waals surface area (Å²) in [7, 11) is 0. The minimum Gasteiger partial charge on any atom is -0.385 e. The Labute approximate surface area is 82.5 Å². The van der Waals surface area contributed by atoms with Crippen LogP contribution in [0.15, 0.2) is 16.6 Å².